The fraction of sp³-hybridized carbons (Fsp3) is 0.273. The van der Waals surface area contributed by atoms with Gasteiger partial charge in [0, 0.05) is 48.9 Å². The number of benzene rings is 1. The summed E-state index contributed by atoms with van der Waals surface area (Å²) in [6.45, 7) is 4.18. The molecule has 2 heterocycles. The Morgan fingerprint density at radius 1 is 0.917 bits per heavy atom. The van der Waals surface area contributed by atoms with Crippen molar-refractivity contribution in [2.24, 2.45) is 0 Å². The number of nitrogens with zero attached hydrogens (tertiary/aromatic N) is 2. The number of hydrogen-bond donors (Lipinski definition) is 0. The third-order valence-electron chi connectivity index (χ3n) is 4.31. The molecule has 0 saturated heterocycles. The summed E-state index contributed by atoms with van der Waals surface area (Å²) in [6.07, 6.45) is 10.5. The minimum absolute atomic E-state index is 0.814. The van der Waals surface area contributed by atoms with Crippen molar-refractivity contribution in [3.05, 3.63) is 60.8 Å². The molecular weight excluding hydrogens is 292 g/mol. The predicted octanol–water partition coefficient (Wildman–Crippen LogP) is 3.91. The molecule has 0 radical (unpaired) electrons. The highest BCUT2D eigenvalue weighted by Gasteiger charge is 2.23. The molecule has 24 heavy (non-hydrogen) atoms. The van der Waals surface area contributed by atoms with Crippen LogP contribution in [0.2, 0.25) is 0 Å². The van der Waals surface area contributed by atoms with Gasteiger partial charge in [0.1, 0.15) is 13.1 Å². The Hall–Kier alpha value is -2.66. The van der Waals surface area contributed by atoms with Crippen molar-refractivity contribution in [2.75, 3.05) is 0 Å². The number of unbranched alkanes of at least 4 members (excludes halogenated alkanes) is 1. The van der Waals surface area contributed by atoms with E-state index in [9.17, 15) is 0 Å². The molecule has 2 aromatic heterocycles. The van der Waals surface area contributed by atoms with E-state index in [1.54, 1.807) is 0 Å². The van der Waals surface area contributed by atoms with E-state index in [-0.39, 0.29) is 0 Å². The number of rotatable bonds is 6. The molecule has 0 N–H and O–H groups in total. The fourth-order valence-corrected chi connectivity index (χ4v) is 3.21. The summed E-state index contributed by atoms with van der Waals surface area (Å²) < 4.78 is 4.75. The number of aryl methyl sites for hydroxylation is 2. The first-order valence-electron chi connectivity index (χ1n) is 8.69. The SMILES string of the molecule is C#CCCC[n+]1ccccc1-c1ccc2ccccc2[n+]1CCC. The lowest BCUT2D eigenvalue weighted by molar-refractivity contribution is -0.705. The Balaban J connectivity index is 2.12. The third kappa shape index (κ3) is 3.31. The molecule has 2 nitrogen and oxygen atoms in total. The largest absolute Gasteiger partial charge is 0.277 e. The second-order valence-electron chi connectivity index (χ2n) is 6.02. The minimum Gasteiger partial charge on any atom is -0.193 e. The summed E-state index contributed by atoms with van der Waals surface area (Å²) in [5.41, 5.74) is 3.79. The molecule has 2 heteroatoms. The first-order valence-corrected chi connectivity index (χ1v) is 8.69. The quantitative estimate of drug-likeness (QED) is 0.370. The van der Waals surface area contributed by atoms with Gasteiger partial charge in [-0.15, -0.1) is 12.3 Å². The van der Waals surface area contributed by atoms with Crippen molar-refractivity contribution in [3.63, 3.8) is 0 Å². The lowest BCUT2D eigenvalue weighted by Crippen LogP contribution is -2.43. The molecule has 3 rings (SSSR count). The number of terminal acetylenes is 1. The summed E-state index contributed by atoms with van der Waals surface area (Å²) >= 11 is 0. The molecular formula is C22H24N2+2. The van der Waals surface area contributed by atoms with E-state index in [0.29, 0.717) is 0 Å². The van der Waals surface area contributed by atoms with Gasteiger partial charge in [-0.3, -0.25) is 0 Å². The zero-order chi connectivity index (χ0) is 16.8. The second-order valence-corrected chi connectivity index (χ2v) is 6.02. The molecule has 0 aliphatic carbocycles. The molecule has 0 atom stereocenters. The highest BCUT2D eigenvalue weighted by Crippen LogP contribution is 2.17. The maximum Gasteiger partial charge on any atom is 0.277 e. The molecule has 1 aromatic carbocycles. The monoisotopic (exact) mass is 316 g/mol. The first kappa shape index (κ1) is 16.2. The van der Waals surface area contributed by atoms with E-state index < -0.39 is 0 Å². The molecule has 0 unspecified atom stereocenters. The van der Waals surface area contributed by atoms with E-state index >= 15 is 0 Å². The highest BCUT2D eigenvalue weighted by atomic mass is 15.0. The van der Waals surface area contributed by atoms with Crippen molar-refractivity contribution in [1.82, 2.24) is 0 Å². The molecule has 0 fully saturated rings. The van der Waals surface area contributed by atoms with Crippen LogP contribution in [0, 0.1) is 12.3 Å². The van der Waals surface area contributed by atoms with Gasteiger partial charge in [0.25, 0.3) is 11.4 Å². The highest BCUT2D eigenvalue weighted by molar-refractivity contribution is 5.76. The van der Waals surface area contributed by atoms with Gasteiger partial charge in [-0.1, -0.05) is 19.1 Å². The van der Waals surface area contributed by atoms with E-state index in [1.807, 2.05) is 0 Å². The maximum atomic E-state index is 5.40. The van der Waals surface area contributed by atoms with Crippen LogP contribution in [-0.2, 0) is 13.1 Å². The lowest BCUT2D eigenvalue weighted by atomic mass is 10.1. The smallest absolute Gasteiger partial charge is 0.193 e. The van der Waals surface area contributed by atoms with Crippen LogP contribution in [0.25, 0.3) is 22.3 Å². The van der Waals surface area contributed by atoms with Crippen LogP contribution in [0.1, 0.15) is 26.2 Å². The topological polar surface area (TPSA) is 7.76 Å². The molecule has 0 bridgehead atoms. The number of para-hydroxylation sites is 1. The Morgan fingerprint density at radius 2 is 1.75 bits per heavy atom. The first-order chi connectivity index (χ1) is 11.8. The third-order valence-corrected chi connectivity index (χ3v) is 4.31. The molecule has 0 aliphatic rings. The molecule has 0 saturated carbocycles. The van der Waals surface area contributed by atoms with Crippen LogP contribution in [0.5, 0.6) is 0 Å². The minimum atomic E-state index is 0.814. The van der Waals surface area contributed by atoms with Gasteiger partial charge in [0.05, 0.1) is 0 Å². The van der Waals surface area contributed by atoms with E-state index in [4.69, 9.17) is 6.42 Å². The summed E-state index contributed by atoms with van der Waals surface area (Å²) in [4.78, 5) is 0. The Bertz CT molecular complexity index is 875. The number of fused-ring (bicyclic) bond motifs is 1. The van der Waals surface area contributed by atoms with Crippen LogP contribution in [0.4, 0.5) is 0 Å². The van der Waals surface area contributed by atoms with Gasteiger partial charge in [-0.25, -0.2) is 0 Å². The maximum absolute atomic E-state index is 5.40. The average Bonchev–Trinajstić information content (AvgIpc) is 2.63. The summed E-state index contributed by atoms with van der Waals surface area (Å²) in [5.74, 6) is 2.73. The van der Waals surface area contributed by atoms with Crippen LogP contribution in [0.3, 0.4) is 0 Å². The van der Waals surface area contributed by atoms with E-state index in [2.05, 4.69) is 82.8 Å². The summed E-state index contributed by atoms with van der Waals surface area (Å²) in [7, 11) is 0. The predicted molar refractivity (Wildman–Crippen MR) is 98.1 cm³/mol. The lowest BCUT2D eigenvalue weighted by Gasteiger charge is -2.07. The van der Waals surface area contributed by atoms with Crippen LogP contribution >= 0.6 is 0 Å². The zero-order valence-corrected chi connectivity index (χ0v) is 14.3. The van der Waals surface area contributed by atoms with E-state index in [1.165, 1.54) is 22.3 Å². The Labute approximate surface area is 144 Å². The van der Waals surface area contributed by atoms with Gasteiger partial charge in [-0.2, -0.15) is 9.13 Å². The Morgan fingerprint density at radius 3 is 2.58 bits per heavy atom. The van der Waals surface area contributed by atoms with E-state index in [0.717, 1.165) is 32.4 Å². The molecule has 0 aliphatic heterocycles. The van der Waals surface area contributed by atoms with Crippen LogP contribution in [0.15, 0.2) is 60.8 Å². The van der Waals surface area contributed by atoms with Gasteiger partial charge in [-0.05, 0) is 18.2 Å². The molecule has 3 aromatic rings. The number of pyridine rings is 2. The van der Waals surface area contributed by atoms with Crippen molar-refractivity contribution in [3.8, 4) is 23.7 Å². The molecule has 0 spiro atoms. The van der Waals surface area contributed by atoms with Crippen molar-refractivity contribution < 1.29 is 9.13 Å². The normalized spacial score (nSPS) is 10.7. The van der Waals surface area contributed by atoms with Gasteiger partial charge >= 0.3 is 0 Å². The van der Waals surface area contributed by atoms with Gasteiger partial charge < -0.3 is 0 Å². The van der Waals surface area contributed by atoms with Crippen LogP contribution < -0.4 is 9.13 Å². The summed E-state index contributed by atoms with van der Waals surface area (Å²) in [5, 5.41) is 1.28. The molecule has 120 valence electrons. The van der Waals surface area contributed by atoms with Crippen molar-refractivity contribution in [1.29, 1.82) is 0 Å². The standard InChI is InChI=1S/C22H24N2/c1-3-5-9-17-23-18-10-8-13-21(23)22-15-14-19-11-6-7-12-20(19)24(22)16-4-2/h1,6-8,10-15,18H,4-5,9,16-17H2,2H3/q+2. The number of hydrogen-bond acceptors (Lipinski definition) is 0. The summed E-state index contributed by atoms with van der Waals surface area (Å²) in [6, 6.07) is 19.5. The fourth-order valence-electron chi connectivity index (χ4n) is 3.21. The van der Waals surface area contributed by atoms with Gasteiger partial charge in [0.15, 0.2) is 6.20 Å². The molecule has 0 amide bonds. The van der Waals surface area contributed by atoms with Crippen LogP contribution in [-0.4, -0.2) is 0 Å². The Kier molecular flexibility index (Phi) is 5.23. The van der Waals surface area contributed by atoms with Crippen molar-refractivity contribution >= 4 is 10.9 Å². The average molecular weight is 316 g/mol. The van der Waals surface area contributed by atoms with Gasteiger partial charge in [0.2, 0.25) is 5.52 Å². The van der Waals surface area contributed by atoms with Crippen molar-refractivity contribution in [2.45, 2.75) is 39.3 Å². The number of aromatic nitrogens is 2. The zero-order valence-electron chi connectivity index (χ0n) is 14.3. The second kappa shape index (κ2) is 7.75.